The second kappa shape index (κ2) is 4.53. The van der Waals surface area contributed by atoms with Crippen molar-refractivity contribution in [3.8, 4) is 0 Å². The summed E-state index contributed by atoms with van der Waals surface area (Å²) in [6.07, 6.45) is 1.31. The van der Waals surface area contributed by atoms with Crippen molar-refractivity contribution >= 4 is 23.0 Å². The fraction of sp³-hybridized carbons (Fsp3) is 0. The number of nitrogens with zero attached hydrogens (tertiary/aromatic N) is 2. The third-order valence-electron chi connectivity index (χ3n) is 2.21. The second-order valence-electron chi connectivity index (χ2n) is 3.46. The van der Waals surface area contributed by atoms with E-state index < -0.39 is 10.8 Å². The van der Waals surface area contributed by atoms with Crippen LogP contribution in [0.3, 0.4) is 0 Å². The van der Waals surface area contributed by atoms with Crippen molar-refractivity contribution < 1.29 is 9.72 Å². The summed E-state index contributed by atoms with van der Waals surface area (Å²) in [6, 6.07) is 5.60. The van der Waals surface area contributed by atoms with Crippen LogP contribution in [0.4, 0.5) is 17.1 Å². The lowest BCUT2D eigenvalue weighted by atomic mass is 10.2. The van der Waals surface area contributed by atoms with E-state index in [1.807, 2.05) is 0 Å². The summed E-state index contributed by atoms with van der Waals surface area (Å²) >= 11 is 0. The van der Waals surface area contributed by atoms with Gasteiger partial charge < -0.3 is 11.1 Å². The first-order chi connectivity index (χ1) is 8.58. The highest BCUT2D eigenvalue weighted by Crippen LogP contribution is 2.18. The average molecular weight is 247 g/mol. The Morgan fingerprint density at radius 2 is 2.28 bits per heavy atom. The predicted octanol–water partition coefficient (Wildman–Crippen LogP) is 1.15. The number of non-ortho nitro benzene ring substituents is 1. The Morgan fingerprint density at radius 1 is 1.50 bits per heavy atom. The van der Waals surface area contributed by atoms with Gasteiger partial charge in [-0.3, -0.25) is 20.0 Å². The third-order valence-corrected chi connectivity index (χ3v) is 2.21. The van der Waals surface area contributed by atoms with Crippen molar-refractivity contribution in [2.75, 3.05) is 11.1 Å². The first kappa shape index (κ1) is 11.6. The van der Waals surface area contributed by atoms with Gasteiger partial charge in [-0.2, -0.15) is 5.10 Å². The number of hydrogen-bond acceptors (Lipinski definition) is 5. The van der Waals surface area contributed by atoms with Gasteiger partial charge in [0.05, 0.1) is 16.8 Å². The molecule has 0 aliphatic rings. The van der Waals surface area contributed by atoms with E-state index >= 15 is 0 Å². The molecule has 0 aliphatic carbocycles. The van der Waals surface area contributed by atoms with Crippen LogP contribution in [0.1, 0.15) is 10.5 Å². The molecule has 0 radical (unpaired) electrons. The lowest BCUT2D eigenvalue weighted by molar-refractivity contribution is -0.384. The molecule has 2 rings (SSSR count). The maximum absolute atomic E-state index is 11.7. The quantitative estimate of drug-likeness (QED) is 0.553. The van der Waals surface area contributed by atoms with Gasteiger partial charge in [0.1, 0.15) is 5.69 Å². The van der Waals surface area contributed by atoms with Gasteiger partial charge in [0, 0.05) is 17.8 Å². The van der Waals surface area contributed by atoms with Gasteiger partial charge in [-0.1, -0.05) is 6.07 Å². The molecule has 0 atom stereocenters. The Balaban J connectivity index is 2.20. The minimum absolute atomic E-state index is 0.106. The van der Waals surface area contributed by atoms with Crippen molar-refractivity contribution in [2.24, 2.45) is 0 Å². The molecule has 1 heterocycles. The van der Waals surface area contributed by atoms with Crippen molar-refractivity contribution in [3.63, 3.8) is 0 Å². The molecule has 92 valence electrons. The van der Waals surface area contributed by atoms with Crippen LogP contribution in [0, 0.1) is 10.1 Å². The van der Waals surface area contributed by atoms with E-state index in [1.54, 1.807) is 0 Å². The van der Waals surface area contributed by atoms with E-state index in [0.717, 1.165) is 0 Å². The smallest absolute Gasteiger partial charge is 0.275 e. The first-order valence-corrected chi connectivity index (χ1v) is 4.92. The van der Waals surface area contributed by atoms with Crippen molar-refractivity contribution in [1.29, 1.82) is 0 Å². The van der Waals surface area contributed by atoms with Gasteiger partial charge in [0.15, 0.2) is 0 Å². The number of nitro benzene ring substituents is 1. The zero-order valence-corrected chi connectivity index (χ0v) is 9.08. The summed E-state index contributed by atoms with van der Waals surface area (Å²) in [4.78, 5) is 21.8. The summed E-state index contributed by atoms with van der Waals surface area (Å²) in [7, 11) is 0. The number of H-pyrrole nitrogens is 1. The molecule has 0 spiro atoms. The lowest BCUT2D eigenvalue weighted by Gasteiger charge is -2.03. The average Bonchev–Trinajstić information content (AvgIpc) is 2.76. The number of carbonyl (C=O) groups is 1. The number of nitrogens with two attached hydrogens (primary N) is 1. The number of aromatic nitrogens is 2. The number of nitrogen functional groups attached to an aromatic ring is 1. The molecular weight excluding hydrogens is 238 g/mol. The molecule has 2 aromatic rings. The number of carbonyl (C=O) groups excluding carboxylic acids is 1. The highest BCUT2D eigenvalue weighted by atomic mass is 16.6. The third kappa shape index (κ3) is 2.26. The molecule has 1 aromatic carbocycles. The van der Waals surface area contributed by atoms with Crippen molar-refractivity contribution in [2.45, 2.75) is 0 Å². The van der Waals surface area contributed by atoms with Gasteiger partial charge in [-0.25, -0.2) is 0 Å². The van der Waals surface area contributed by atoms with Crippen LogP contribution in [0.15, 0.2) is 30.5 Å². The zero-order valence-electron chi connectivity index (χ0n) is 9.08. The van der Waals surface area contributed by atoms with Gasteiger partial charge in [0.25, 0.3) is 11.6 Å². The van der Waals surface area contributed by atoms with E-state index in [1.165, 1.54) is 30.5 Å². The molecule has 1 amide bonds. The summed E-state index contributed by atoms with van der Waals surface area (Å²) in [6.45, 7) is 0. The molecule has 18 heavy (non-hydrogen) atoms. The van der Waals surface area contributed by atoms with Crippen LogP contribution in [-0.4, -0.2) is 21.0 Å². The molecule has 8 nitrogen and oxygen atoms in total. The Hall–Kier alpha value is -2.90. The van der Waals surface area contributed by atoms with Crippen molar-refractivity contribution in [1.82, 2.24) is 10.2 Å². The molecule has 1 aromatic heterocycles. The normalized spacial score (nSPS) is 10.0. The molecule has 0 saturated heterocycles. The standard InChI is InChI=1S/C10H9N5O3/c11-8-5-12-14-9(8)10(16)13-6-2-1-3-7(4-6)15(17)18/h1-5H,11H2,(H,12,14)(H,13,16). The van der Waals surface area contributed by atoms with E-state index in [0.29, 0.717) is 5.69 Å². The highest BCUT2D eigenvalue weighted by molar-refractivity contribution is 6.06. The molecule has 0 bridgehead atoms. The number of benzene rings is 1. The summed E-state index contributed by atoms with van der Waals surface area (Å²) in [5.74, 6) is -0.509. The number of nitrogens with one attached hydrogen (secondary N) is 2. The van der Waals surface area contributed by atoms with Crippen LogP contribution >= 0.6 is 0 Å². The summed E-state index contributed by atoms with van der Waals surface area (Å²) < 4.78 is 0. The maximum atomic E-state index is 11.7. The van der Waals surface area contributed by atoms with E-state index in [4.69, 9.17) is 5.73 Å². The lowest BCUT2D eigenvalue weighted by Crippen LogP contribution is -2.14. The Kier molecular flexibility index (Phi) is 2.92. The number of amides is 1. The van der Waals surface area contributed by atoms with E-state index in [-0.39, 0.29) is 17.1 Å². The predicted molar refractivity (Wildman–Crippen MR) is 64.0 cm³/mol. The van der Waals surface area contributed by atoms with Crippen LogP contribution in [0.2, 0.25) is 0 Å². The van der Waals surface area contributed by atoms with Gasteiger partial charge in [0.2, 0.25) is 0 Å². The zero-order chi connectivity index (χ0) is 13.1. The number of aromatic amines is 1. The molecule has 8 heteroatoms. The maximum Gasteiger partial charge on any atom is 0.275 e. The van der Waals surface area contributed by atoms with Gasteiger partial charge >= 0.3 is 0 Å². The summed E-state index contributed by atoms with van der Waals surface area (Å²) in [5, 5.41) is 19.1. The monoisotopic (exact) mass is 247 g/mol. The minimum Gasteiger partial charge on any atom is -0.396 e. The number of rotatable bonds is 3. The number of anilines is 2. The Bertz CT molecular complexity index is 607. The van der Waals surface area contributed by atoms with Crippen molar-refractivity contribution in [3.05, 3.63) is 46.3 Å². The number of nitro groups is 1. The van der Waals surface area contributed by atoms with Crippen LogP contribution in [0.5, 0.6) is 0 Å². The molecular formula is C10H9N5O3. The van der Waals surface area contributed by atoms with Gasteiger partial charge in [-0.05, 0) is 6.07 Å². The molecule has 0 fully saturated rings. The minimum atomic E-state index is -0.541. The van der Waals surface area contributed by atoms with Crippen LogP contribution in [-0.2, 0) is 0 Å². The summed E-state index contributed by atoms with van der Waals surface area (Å²) in [5.41, 5.74) is 6.03. The van der Waals surface area contributed by atoms with Gasteiger partial charge in [-0.15, -0.1) is 0 Å². The van der Waals surface area contributed by atoms with Crippen LogP contribution in [0.25, 0.3) is 0 Å². The Labute approximate surface area is 101 Å². The fourth-order valence-electron chi connectivity index (χ4n) is 1.37. The second-order valence-corrected chi connectivity index (χ2v) is 3.46. The number of hydrogen-bond donors (Lipinski definition) is 3. The molecule has 0 saturated carbocycles. The van der Waals surface area contributed by atoms with Crippen LogP contribution < -0.4 is 11.1 Å². The topological polar surface area (TPSA) is 127 Å². The van der Waals surface area contributed by atoms with E-state index in [2.05, 4.69) is 15.5 Å². The highest BCUT2D eigenvalue weighted by Gasteiger charge is 2.13. The molecule has 0 unspecified atom stereocenters. The first-order valence-electron chi connectivity index (χ1n) is 4.92. The van der Waals surface area contributed by atoms with E-state index in [9.17, 15) is 14.9 Å². The Morgan fingerprint density at radius 3 is 2.89 bits per heavy atom. The SMILES string of the molecule is Nc1cn[nH]c1C(=O)Nc1cccc([N+](=O)[O-])c1. The molecule has 4 N–H and O–H groups in total. The largest absolute Gasteiger partial charge is 0.396 e. The molecule has 0 aliphatic heterocycles. The fourth-order valence-corrected chi connectivity index (χ4v) is 1.37.